The van der Waals surface area contributed by atoms with Crippen LogP contribution in [0.5, 0.6) is 0 Å². The van der Waals surface area contributed by atoms with E-state index < -0.39 is 5.97 Å². The third-order valence-corrected chi connectivity index (χ3v) is 3.77. The summed E-state index contributed by atoms with van der Waals surface area (Å²) in [6, 6.07) is 8.34. The van der Waals surface area contributed by atoms with Gasteiger partial charge in [0.1, 0.15) is 0 Å². The van der Waals surface area contributed by atoms with E-state index in [4.69, 9.17) is 5.11 Å². The molecule has 2 unspecified atom stereocenters. The van der Waals surface area contributed by atoms with Crippen LogP contribution in [-0.4, -0.2) is 24.2 Å². The Morgan fingerprint density at radius 3 is 2.63 bits per heavy atom. The molecular formula is C16H23NO2. The zero-order valence-electron chi connectivity index (χ0n) is 11.8. The fourth-order valence-corrected chi connectivity index (χ4v) is 3.03. The number of benzene rings is 1. The van der Waals surface area contributed by atoms with Gasteiger partial charge in [-0.15, -0.1) is 0 Å². The van der Waals surface area contributed by atoms with Crippen molar-refractivity contribution in [2.45, 2.75) is 33.1 Å². The van der Waals surface area contributed by atoms with Crippen LogP contribution in [0.3, 0.4) is 0 Å². The molecule has 2 atom stereocenters. The maximum absolute atomic E-state index is 10.6. The number of aliphatic carboxylic acids is 1. The maximum Gasteiger partial charge on any atom is 0.303 e. The predicted octanol–water partition coefficient (Wildman–Crippen LogP) is 3.19. The molecule has 1 aliphatic heterocycles. The number of aryl methyl sites for hydroxylation is 1. The molecule has 2 rings (SSSR count). The van der Waals surface area contributed by atoms with Crippen molar-refractivity contribution in [3.05, 3.63) is 29.8 Å². The molecule has 3 heteroatoms. The molecule has 0 spiro atoms. The van der Waals surface area contributed by atoms with Crippen molar-refractivity contribution in [2.24, 2.45) is 11.8 Å². The number of hydrogen-bond acceptors (Lipinski definition) is 2. The minimum Gasteiger partial charge on any atom is -0.481 e. The molecule has 104 valence electrons. The van der Waals surface area contributed by atoms with Gasteiger partial charge in [-0.1, -0.05) is 26.0 Å². The second kappa shape index (κ2) is 6.09. The first kappa shape index (κ1) is 13.9. The van der Waals surface area contributed by atoms with Gasteiger partial charge in [0.15, 0.2) is 0 Å². The molecule has 1 N–H and O–H groups in total. The highest BCUT2D eigenvalue weighted by atomic mass is 16.4. The van der Waals surface area contributed by atoms with Crippen LogP contribution in [0.2, 0.25) is 0 Å². The largest absolute Gasteiger partial charge is 0.481 e. The number of carboxylic acid groups (broad SMARTS) is 1. The first-order valence-corrected chi connectivity index (χ1v) is 7.10. The lowest BCUT2D eigenvalue weighted by molar-refractivity contribution is -0.136. The highest BCUT2D eigenvalue weighted by Gasteiger charge is 2.21. The lowest BCUT2D eigenvalue weighted by atomic mass is 9.91. The highest BCUT2D eigenvalue weighted by Crippen LogP contribution is 2.26. The molecule has 1 aliphatic rings. The minimum atomic E-state index is -0.731. The smallest absolute Gasteiger partial charge is 0.303 e. The van der Waals surface area contributed by atoms with Crippen LogP contribution in [0.15, 0.2) is 24.3 Å². The minimum absolute atomic E-state index is 0.205. The van der Waals surface area contributed by atoms with Crippen LogP contribution in [0.1, 0.15) is 32.3 Å². The Kier molecular flexibility index (Phi) is 4.46. The zero-order chi connectivity index (χ0) is 13.8. The molecular weight excluding hydrogens is 238 g/mol. The number of carboxylic acids is 1. The fraction of sp³-hybridized carbons (Fsp3) is 0.562. The van der Waals surface area contributed by atoms with E-state index in [2.05, 4.69) is 30.9 Å². The molecule has 0 amide bonds. The van der Waals surface area contributed by atoms with Crippen LogP contribution in [-0.2, 0) is 11.2 Å². The SMILES string of the molecule is CC1CC(C)CN(c2cccc(CCC(=O)O)c2)C1. The number of nitrogens with zero attached hydrogens (tertiary/aromatic N) is 1. The summed E-state index contributed by atoms with van der Waals surface area (Å²) in [6.07, 6.45) is 2.12. The third-order valence-electron chi connectivity index (χ3n) is 3.77. The van der Waals surface area contributed by atoms with Gasteiger partial charge in [-0.3, -0.25) is 4.79 Å². The molecule has 1 aromatic rings. The average molecular weight is 261 g/mol. The Hall–Kier alpha value is -1.51. The van der Waals surface area contributed by atoms with Crippen molar-refractivity contribution in [1.82, 2.24) is 0 Å². The van der Waals surface area contributed by atoms with Gasteiger partial charge in [0.2, 0.25) is 0 Å². The summed E-state index contributed by atoms with van der Waals surface area (Å²) in [7, 11) is 0. The van der Waals surface area contributed by atoms with Crippen molar-refractivity contribution in [2.75, 3.05) is 18.0 Å². The molecule has 1 saturated heterocycles. The van der Waals surface area contributed by atoms with Gasteiger partial charge in [-0.2, -0.15) is 0 Å². The number of anilines is 1. The maximum atomic E-state index is 10.6. The van der Waals surface area contributed by atoms with Crippen LogP contribution < -0.4 is 4.90 Å². The van der Waals surface area contributed by atoms with Gasteiger partial charge in [0, 0.05) is 25.2 Å². The summed E-state index contributed by atoms with van der Waals surface area (Å²) in [5.74, 6) is 0.725. The Bertz CT molecular complexity index is 434. The van der Waals surface area contributed by atoms with Crippen molar-refractivity contribution < 1.29 is 9.90 Å². The van der Waals surface area contributed by atoms with Crippen molar-refractivity contribution in [1.29, 1.82) is 0 Å². The van der Waals surface area contributed by atoms with Crippen molar-refractivity contribution in [3.63, 3.8) is 0 Å². The van der Waals surface area contributed by atoms with E-state index in [0.717, 1.165) is 30.5 Å². The fourth-order valence-electron chi connectivity index (χ4n) is 3.03. The second-order valence-corrected chi connectivity index (χ2v) is 5.91. The molecule has 19 heavy (non-hydrogen) atoms. The number of piperidine rings is 1. The van der Waals surface area contributed by atoms with Gasteiger partial charge in [0.25, 0.3) is 0 Å². The Morgan fingerprint density at radius 1 is 1.32 bits per heavy atom. The lowest BCUT2D eigenvalue weighted by Gasteiger charge is -2.36. The zero-order valence-corrected chi connectivity index (χ0v) is 11.8. The van der Waals surface area contributed by atoms with E-state index in [-0.39, 0.29) is 6.42 Å². The normalized spacial score (nSPS) is 23.4. The molecule has 0 radical (unpaired) electrons. The van der Waals surface area contributed by atoms with Crippen molar-refractivity contribution >= 4 is 11.7 Å². The topological polar surface area (TPSA) is 40.5 Å². The lowest BCUT2D eigenvalue weighted by Crippen LogP contribution is -2.38. The monoisotopic (exact) mass is 261 g/mol. The van der Waals surface area contributed by atoms with E-state index >= 15 is 0 Å². The van der Waals surface area contributed by atoms with Crippen LogP contribution >= 0.6 is 0 Å². The summed E-state index contributed by atoms with van der Waals surface area (Å²) in [5, 5.41) is 8.75. The molecule has 1 heterocycles. The van der Waals surface area contributed by atoms with Crippen LogP contribution in [0.4, 0.5) is 5.69 Å². The van der Waals surface area contributed by atoms with E-state index in [0.29, 0.717) is 6.42 Å². The molecule has 1 aromatic carbocycles. The van der Waals surface area contributed by atoms with E-state index in [1.807, 2.05) is 12.1 Å². The van der Waals surface area contributed by atoms with Crippen LogP contribution in [0, 0.1) is 11.8 Å². The average Bonchev–Trinajstić information content (AvgIpc) is 2.35. The van der Waals surface area contributed by atoms with E-state index in [1.54, 1.807) is 0 Å². The van der Waals surface area contributed by atoms with Crippen molar-refractivity contribution in [3.8, 4) is 0 Å². The van der Waals surface area contributed by atoms with Gasteiger partial charge in [0.05, 0.1) is 0 Å². The second-order valence-electron chi connectivity index (χ2n) is 5.91. The molecule has 0 saturated carbocycles. The van der Waals surface area contributed by atoms with Gasteiger partial charge in [-0.05, 0) is 42.4 Å². The number of rotatable bonds is 4. The first-order valence-electron chi connectivity index (χ1n) is 7.10. The quantitative estimate of drug-likeness (QED) is 0.905. The Labute approximate surface area is 115 Å². The summed E-state index contributed by atoms with van der Waals surface area (Å²) in [4.78, 5) is 13.1. The van der Waals surface area contributed by atoms with E-state index in [9.17, 15) is 4.79 Å². The highest BCUT2D eigenvalue weighted by molar-refractivity contribution is 5.67. The Morgan fingerprint density at radius 2 is 2.00 bits per heavy atom. The summed E-state index contributed by atoms with van der Waals surface area (Å²) in [6.45, 7) is 6.81. The van der Waals surface area contributed by atoms with Gasteiger partial charge >= 0.3 is 5.97 Å². The predicted molar refractivity (Wildman–Crippen MR) is 77.6 cm³/mol. The molecule has 0 aliphatic carbocycles. The Balaban J connectivity index is 2.07. The first-order chi connectivity index (χ1) is 9.04. The van der Waals surface area contributed by atoms with Gasteiger partial charge in [-0.25, -0.2) is 0 Å². The number of carbonyl (C=O) groups is 1. The standard InChI is InChI=1S/C16H23NO2/c1-12-8-13(2)11-17(10-12)15-5-3-4-14(9-15)6-7-16(18)19/h3-5,9,12-13H,6-8,10-11H2,1-2H3,(H,18,19). The van der Waals surface area contributed by atoms with Gasteiger partial charge < -0.3 is 10.0 Å². The van der Waals surface area contributed by atoms with Crippen LogP contribution in [0.25, 0.3) is 0 Å². The third kappa shape index (κ3) is 3.98. The summed E-state index contributed by atoms with van der Waals surface area (Å²) in [5.41, 5.74) is 2.35. The molecule has 1 fully saturated rings. The molecule has 0 aromatic heterocycles. The summed E-state index contributed by atoms with van der Waals surface area (Å²) < 4.78 is 0. The molecule has 0 bridgehead atoms. The summed E-state index contributed by atoms with van der Waals surface area (Å²) >= 11 is 0. The number of hydrogen-bond donors (Lipinski definition) is 1. The molecule has 3 nitrogen and oxygen atoms in total. The van der Waals surface area contributed by atoms with E-state index in [1.165, 1.54) is 12.1 Å².